The molecule has 2 atom stereocenters. The fourth-order valence-corrected chi connectivity index (χ4v) is 4.45. The molecular formula is C19H21FN2O3S. The number of aliphatic carboxylic acids is 1. The van der Waals surface area contributed by atoms with E-state index in [-0.39, 0.29) is 17.8 Å². The number of likely N-dealkylation sites (tertiary alicyclic amines) is 1. The third-order valence-corrected chi connectivity index (χ3v) is 6.02. The summed E-state index contributed by atoms with van der Waals surface area (Å²) in [5.74, 6) is -1.82. The number of carbonyl (C=O) groups is 2. The Morgan fingerprint density at radius 2 is 2.04 bits per heavy atom. The molecule has 1 aromatic carbocycles. The number of nitrogens with zero attached hydrogens (tertiary/aromatic N) is 2. The molecule has 1 amide bonds. The first-order valence-electron chi connectivity index (χ1n) is 8.61. The zero-order valence-electron chi connectivity index (χ0n) is 14.7. The fraction of sp³-hybridized carbons (Fsp3) is 0.421. The van der Waals surface area contributed by atoms with Crippen molar-refractivity contribution in [3.05, 3.63) is 51.2 Å². The number of carboxylic acids is 1. The largest absolute Gasteiger partial charge is 0.481 e. The molecule has 0 radical (unpaired) electrons. The summed E-state index contributed by atoms with van der Waals surface area (Å²) in [6.45, 7) is 4.15. The van der Waals surface area contributed by atoms with Crippen molar-refractivity contribution >= 4 is 23.2 Å². The van der Waals surface area contributed by atoms with E-state index in [9.17, 15) is 19.1 Å². The van der Waals surface area contributed by atoms with Gasteiger partial charge in [0.1, 0.15) is 10.7 Å². The van der Waals surface area contributed by atoms with Gasteiger partial charge >= 0.3 is 5.97 Å². The first-order chi connectivity index (χ1) is 12.4. The summed E-state index contributed by atoms with van der Waals surface area (Å²) in [6, 6.07) is 5.89. The molecular weight excluding hydrogens is 355 g/mol. The van der Waals surface area contributed by atoms with E-state index in [1.807, 2.05) is 0 Å². The van der Waals surface area contributed by atoms with Gasteiger partial charge < -0.3 is 10.0 Å². The van der Waals surface area contributed by atoms with Crippen molar-refractivity contribution in [3.63, 3.8) is 0 Å². The summed E-state index contributed by atoms with van der Waals surface area (Å²) in [6.07, 6.45) is 1.82. The predicted octanol–water partition coefficient (Wildman–Crippen LogP) is 3.51. The summed E-state index contributed by atoms with van der Waals surface area (Å²) in [5.41, 5.74) is 1.58. The number of carboxylic acid groups (broad SMARTS) is 1. The second kappa shape index (κ2) is 7.53. The van der Waals surface area contributed by atoms with Crippen LogP contribution in [0.1, 0.15) is 45.7 Å². The van der Waals surface area contributed by atoms with E-state index in [4.69, 9.17) is 0 Å². The molecule has 2 heterocycles. The predicted molar refractivity (Wildman–Crippen MR) is 96.9 cm³/mol. The van der Waals surface area contributed by atoms with Gasteiger partial charge in [0, 0.05) is 19.0 Å². The molecule has 0 aliphatic carbocycles. The highest BCUT2D eigenvalue weighted by atomic mass is 32.1. The molecule has 0 spiro atoms. The van der Waals surface area contributed by atoms with Crippen LogP contribution >= 0.6 is 11.3 Å². The zero-order valence-corrected chi connectivity index (χ0v) is 15.6. The molecule has 1 aliphatic heterocycles. The van der Waals surface area contributed by atoms with Crippen molar-refractivity contribution < 1.29 is 19.1 Å². The maximum absolute atomic E-state index is 13.0. The Morgan fingerprint density at radius 3 is 2.69 bits per heavy atom. The van der Waals surface area contributed by atoms with Crippen LogP contribution in [0.25, 0.3) is 0 Å². The Morgan fingerprint density at radius 1 is 1.35 bits per heavy atom. The first-order valence-corrected chi connectivity index (χ1v) is 9.43. The van der Waals surface area contributed by atoms with Gasteiger partial charge in [-0.3, -0.25) is 9.59 Å². The number of hydrogen-bond donors (Lipinski definition) is 1. The number of piperidine rings is 1. The molecule has 5 nitrogen and oxygen atoms in total. The summed E-state index contributed by atoms with van der Waals surface area (Å²) in [7, 11) is 0. The Balaban J connectivity index is 1.78. The lowest BCUT2D eigenvalue weighted by molar-refractivity contribution is -0.144. The highest BCUT2D eigenvalue weighted by Gasteiger charge is 2.36. The van der Waals surface area contributed by atoms with Crippen LogP contribution in [0.15, 0.2) is 24.3 Å². The van der Waals surface area contributed by atoms with Crippen LogP contribution in [0.2, 0.25) is 0 Å². The third kappa shape index (κ3) is 3.77. The topological polar surface area (TPSA) is 70.5 Å². The van der Waals surface area contributed by atoms with Gasteiger partial charge in [-0.15, -0.1) is 11.3 Å². The normalized spacial score (nSPS) is 20.2. The second-order valence-electron chi connectivity index (χ2n) is 6.65. The number of halogens is 1. The molecule has 138 valence electrons. The lowest BCUT2D eigenvalue weighted by Gasteiger charge is -2.37. The molecule has 1 aliphatic rings. The van der Waals surface area contributed by atoms with Gasteiger partial charge in [-0.1, -0.05) is 12.1 Å². The van der Waals surface area contributed by atoms with Gasteiger partial charge in [0.25, 0.3) is 5.91 Å². The van der Waals surface area contributed by atoms with Crippen LogP contribution in [0, 0.1) is 18.7 Å². The van der Waals surface area contributed by atoms with Gasteiger partial charge in [0.15, 0.2) is 0 Å². The third-order valence-electron chi connectivity index (χ3n) is 4.87. The van der Waals surface area contributed by atoms with E-state index < -0.39 is 11.9 Å². The van der Waals surface area contributed by atoms with Crippen LogP contribution in [-0.4, -0.2) is 39.5 Å². The van der Waals surface area contributed by atoms with E-state index in [2.05, 4.69) is 4.98 Å². The van der Waals surface area contributed by atoms with Crippen LogP contribution in [0.5, 0.6) is 0 Å². The van der Waals surface area contributed by atoms with Crippen molar-refractivity contribution in [2.75, 3.05) is 6.54 Å². The smallest absolute Gasteiger partial charge is 0.308 e. The maximum atomic E-state index is 13.0. The minimum Gasteiger partial charge on any atom is -0.481 e. The molecule has 1 aromatic heterocycles. The van der Waals surface area contributed by atoms with Crippen molar-refractivity contribution in [3.8, 4) is 0 Å². The average Bonchev–Trinajstić information content (AvgIpc) is 2.96. The van der Waals surface area contributed by atoms with Gasteiger partial charge in [0.2, 0.25) is 0 Å². The van der Waals surface area contributed by atoms with Crippen molar-refractivity contribution in [2.24, 2.45) is 5.92 Å². The number of thiazole rings is 1. The van der Waals surface area contributed by atoms with Gasteiger partial charge in [-0.2, -0.15) is 0 Å². The standard InChI is InChI=1S/C19H21FN2O3S/c1-11-17(18(23)22-9-3-4-15(12(22)2)19(24)25)26-16(21-11)10-13-5-7-14(20)8-6-13/h5-8,12,15H,3-4,9-10H2,1-2H3,(H,24,25)/t12-,15-/m1/s1. The van der Waals surface area contributed by atoms with Crippen LogP contribution in [0.4, 0.5) is 4.39 Å². The number of aryl methyl sites for hydroxylation is 1. The monoisotopic (exact) mass is 376 g/mol. The number of amides is 1. The van der Waals surface area contributed by atoms with Gasteiger partial charge in [-0.05, 0) is 44.4 Å². The SMILES string of the molecule is Cc1nc(Cc2ccc(F)cc2)sc1C(=O)N1CCC[C@@H](C(=O)O)[C@H]1C. The second-order valence-corrected chi connectivity index (χ2v) is 7.74. The minimum atomic E-state index is -0.854. The van der Waals surface area contributed by atoms with Crippen LogP contribution < -0.4 is 0 Å². The quantitative estimate of drug-likeness (QED) is 0.887. The molecule has 0 saturated carbocycles. The Kier molecular flexibility index (Phi) is 5.36. The molecule has 7 heteroatoms. The highest BCUT2D eigenvalue weighted by Crippen LogP contribution is 2.28. The molecule has 2 aromatic rings. The highest BCUT2D eigenvalue weighted by molar-refractivity contribution is 7.13. The van der Waals surface area contributed by atoms with Crippen molar-refractivity contribution in [1.82, 2.24) is 9.88 Å². The first kappa shape index (κ1) is 18.5. The Hall–Kier alpha value is -2.28. The number of aromatic nitrogens is 1. The minimum absolute atomic E-state index is 0.149. The van der Waals surface area contributed by atoms with Crippen LogP contribution in [-0.2, 0) is 11.2 Å². The van der Waals surface area contributed by atoms with E-state index in [1.54, 1.807) is 30.9 Å². The van der Waals surface area contributed by atoms with E-state index in [0.717, 1.165) is 10.6 Å². The van der Waals surface area contributed by atoms with Crippen molar-refractivity contribution in [1.29, 1.82) is 0 Å². The lowest BCUT2D eigenvalue weighted by Crippen LogP contribution is -2.49. The van der Waals surface area contributed by atoms with E-state index >= 15 is 0 Å². The summed E-state index contributed by atoms with van der Waals surface area (Å²) in [5, 5.41) is 10.1. The zero-order chi connectivity index (χ0) is 18.8. The number of benzene rings is 1. The van der Waals surface area contributed by atoms with E-state index in [1.165, 1.54) is 23.5 Å². The Bertz CT molecular complexity index is 819. The lowest BCUT2D eigenvalue weighted by atomic mass is 9.90. The number of carbonyl (C=O) groups excluding carboxylic acids is 1. The Labute approximate surface area is 155 Å². The summed E-state index contributed by atoms with van der Waals surface area (Å²) < 4.78 is 13.0. The van der Waals surface area contributed by atoms with Crippen molar-refractivity contribution in [2.45, 2.75) is 39.2 Å². The molecule has 1 fully saturated rings. The van der Waals surface area contributed by atoms with Gasteiger partial charge in [0.05, 0.1) is 16.6 Å². The molecule has 26 heavy (non-hydrogen) atoms. The van der Waals surface area contributed by atoms with Crippen LogP contribution in [0.3, 0.4) is 0 Å². The fourth-order valence-electron chi connectivity index (χ4n) is 3.39. The maximum Gasteiger partial charge on any atom is 0.308 e. The molecule has 1 N–H and O–H groups in total. The number of rotatable bonds is 4. The summed E-state index contributed by atoms with van der Waals surface area (Å²) >= 11 is 1.33. The van der Waals surface area contributed by atoms with E-state index in [0.29, 0.717) is 36.4 Å². The molecule has 0 bridgehead atoms. The molecule has 3 rings (SSSR count). The molecule has 0 unspecified atom stereocenters. The van der Waals surface area contributed by atoms with Gasteiger partial charge in [-0.25, -0.2) is 9.37 Å². The number of hydrogen-bond acceptors (Lipinski definition) is 4. The molecule has 1 saturated heterocycles. The summed E-state index contributed by atoms with van der Waals surface area (Å²) in [4.78, 5) is 31.1. The average molecular weight is 376 g/mol.